The largest absolute Gasteiger partial charge is 0.0651 e. The van der Waals surface area contributed by atoms with E-state index in [4.69, 9.17) is 0 Å². The van der Waals surface area contributed by atoms with Gasteiger partial charge in [-0.15, -0.1) is 0 Å². The third-order valence-electron chi connectivity index (χ3n) is 3.41. The van der Waals surface area contributed by atoms with Crippen molar-refractivity contribution in [1.29, 1.82) is 0 Å². The molecule has 72 valence electrons. The molecule has 0 bridgehead atoms. The molecule has 0 aromatic carbocycles. The first-order chi connectivity index (χ1) is 5.69. The number of hydrogen-bond donors (Lipinski definition) is 0. The Labute approximate surface area is 77.7 Å². The van der Waals surface area contributed by atoms with E-state index in [1.54, 1.807) is 0 Å². The second-order valence-corrected chi connectivity index (χ2v) is 4.87. The van der Waals surface area contributed by atoms with E-state index in [1.807, 2.05) is 0 Å². The number of hydrogen-bond acceptors (Lipinski definition) is 0. The Morgan fingerprint density at radius 2 is 1.92 bits per heavy atom. The van der Waals surface area contributed by atoms with Gasteiger partial charge in [-0.3, -0.25) is 0 Å². The average Bonchev–Trinajstić information content (AvgIpc) is 2.78. The molecule has 1 saturated carbocycles. The highest BCUT2D eigenvalue weighted by atomic mass is 14.4. The predicted octanol–water partition coefficient (Wildman–Crippen LogP) is 4.10. The van der Waals surface area contributed by atoms with Gasteiger partial charge in [-0.05, 0) is 36.5 Å². The third kappa shape index (κ3) is 2.50. The van der Waals surface area contributed by atoms with E-state index in [2.05, 4.69) is 27.7 Å². The van der Waals surface area contributed by atoms with Crippen LogP contribution in [0, 0.1) is 23.7 Å². The van der Waals surface area contributed by atoms with Gasteiger partial charge < -0.3 is 0 Å². The van der Waals surface area contributed by atoms with E-state index in [0.29, 0.717) is 0 Å². The van der Waals surface area contributed by atoms with Crippen molar-refractivity contribution in [3.63, 3.8) is 0 Å². The van der Waals surface area contributed by atoms with Crippen molar-refractivity contribution in [3.8, 4) is 0 Å². The Morgan fingerprint density at radius 1 is 1.25 bits per heavy atom. The van der Waals surface area contributed by atoms with Crippen LogP contribution in [0.3, 0.4) is 0 Å². The van der Waals surface area contributed by atoms with Gasteiger partial charge in [0, 0.05) is 0 Å². The summed E-state index contributed by atoms with van der Waals surface area (Å²) in [6.45, 7) is 9.41. The molecule has 0 heteroatoms. The maximum Gasteiger partial charge on any atom is -0.0355 e. The highest BCUT2D eigenvalue weighted by Gasteiger charge is 2.40. The molecule has 0 aliphatic heterocycles. The Hall–Kier alpha value is 0. The van der Waals surface area contributed by atoms with Crippen molar-refractivity contribution in [2.75, 3.05) is 0 Å². The van der Waals surface area contributed by atoms with Crippen molar-refractivity contribution in [2.45, 2.75) is 53.4 Å². The zero-order valence-corrected chi connectivity index (χ0v) is 9.14. The molecule has 0 aromatic rings. The molecule has 0 nitrogen and oxygen atoms in total. The highest BCUT2D eigenvalue weighted by molar-refractivity contribution is 4.89. The van der Waals surface area contributed by atoms with Crippen LogP contribution in [-0.4, -0.2) is 0 Å². The molecule has 1 fully saturated rings. The summed E-state index contributed by atoms with van der Waals surface area (Å²) < 4.78 is 0. The first kappa shape index (κ1) is 10.1. The molecule has 0 radical (unpaired) electrons. The van der Waals surface area contributed by atoms with Gasteiger partial charge in [0.05, 0.1) is 0 Å². The summed E-state index contributed by atoms with van der Waals surface area (Å²) >= 11 is 0. The van der Waals surface area contributed by atoms with Crippen LogP contribution in [0.2, 0.25) is 0 Å². The Balaban J connectivity index is 2.27. The van der Waals surface area contributed by atoms with Gasteiger partial charge in [-0.25, -0.2) is 0 Å². The topological polar surface area (TPSA) is 0 Å². The molecule has 0 N–H and O–H groups in total. The molecule has 12 heavy (non-hydrogen) atoms. The van der Waals surface area contributed by atoms with Crippen molar-refractivity contribution >= 4 is 0 Å². The summed E-state index contributed by atoms with van der Waals surface area (Å²) in [5, 5.41) is 0. The van der Waals surface area contributed by atoms with Gasteiger partial charge >= 0.3 is 0 Å². The fraction of sp³-hybridized carbons (Fsp3) is 1.00. The smallest absolute Gasteiger partial charge is 0.0355 e. The van der Waals surface area contributed by atoms with Crippen molar-refractivity contribution in [1.82, 2.24) is 0 Å². The lowest BCUT2D eigenvalue weighted by atomic mass is 9.89. The summed E-state index contributed by atoms with van der Waals surface area (Å²) in [5.74, 6) is 4.12. The van der Waals surface area contributed by atoms with Crippen LogP contribution in [0.1, 0.15) is 53.4 Å². The first-order valence-electron chi connectivity index (χ1n) is 5.69. The van der Waals surface area contributed by atoms with Gasteiger partial charge in [0.1, 0.15) is 0 Å². The normalized spacial score (nSPS) is 30.8. The summed E-state index contributed by atoms with van der Waals surface area (Å²) in [4.78, 5) is 0. The molecular weight excluding hydrogens is 144 g/mol. The Kier molecular flexibility index (Phi) is 3.61. The van der Waals surface area contributed by atoms with Crippen LogP contribution < -0.4 is 0 Å². The molecule has 3 unspecified atom stereocenters. The van der Waals surface area contributed by atoms with E-state index in [9.17, 15) is 0 Å². The first-order valence-corrected chi connectivity index (χ1v) is 5.69. The summed E-state index contributed by atoms with van der Waals surface area (Å²) in [6.07, 6.45) is 5.80. The maximum atomic E-state index is 2.36. The monoisotopic (exact) mass is 168 g/mol. The van der Waals surface area contributed by atoms with E-state index in [0.717, 1.165) is 23.7 Å². The lowest BCUT2D eigenvalue weighted by molar-refractivity contribution is 0.341. The zero-order valence-electron chi connectivity index (χ0n) is 9.14. The minimum Gasteiger partial charge on any atom is -0.0651 e. The maximum absolute atomic E-state index is 2.36. The van der Waals surface area contributed by atoms with Crippen molar-refractivity contribution in [3.05, 3.63) is 0 Å². The lowest BCUT2D eigenvalue weighted by Crippen LogP contribution is -2.06. The van der Waals surface area contributed by atoms with Gasteiger partial charge in [0.15, 0.2) is 0 Å². The molecule has 3 atom stereocenters. The van der Waals surface area contributed by atoms with Crippen LogP contribution >= 0.6 is 0 Å². The second kappa shape index (κ2) is 4.30. The van der Waals surface area contributed by atoms with Crippen LogP contribution in [0.25, 0.3) is 0 Å². The van der Waals surface area contributed by atoms with Crippen molar-refractivity contribution in [2.24, 2.45) is 23.7 Å². The van der Waals surface area contributed by atoms with Gasteiger partial charge in [0.2, 0.25) is 0 Å². The third-order valence-corrected chi connectivity index (χ3v) is 3.41. The molecular formula is C12H24. The van der Waals surface area contributed by atoms with E-state index < -0.39 is 0 Å². The molecule has 0 aromatic heterocycles. The Morgan fingerprint density at radius 3 is 2.25 bits per heavy atom. The fourth-order valence-corrected chi connectivity index (χ4v) is 2.57. The standard InChI is InChI=1S/C12H24/c1-5-10(7-9(3)4)12-8-11(12)6-2/h9-12H,5-8H2,1-4H3. The molecule has 1 aliphatic rings. The molecule has 1 rings (SSSR count). The second-order valence-electron chi connectivity index (χ2n) is 4.87. The number of rotatable bonds is 5. The van der Waals surface area contributed by atoms with Crippen molar-refractivity contribution < 1.29 is 0 Å². The van der Waals surface area contributed by atoms with E-state index >= 15 is 0 Å². The highest BCUT2D eigenvalue weighted by Crippen LogP contribution is 2.49. The molecule has 0 amide bonds. The zero-order chi connectivity index (χ0) is 9.14. The molecule has 1 aliphatic carbocycles. The van der Waals surface area contributed by atoms with Crippen LogP contribution in [0.5, 0.6) is 0 Å². The summed E-state index contributed by atoms with van der Waals surface area (Å²) in [6, 6.07) is 0. The minimum absolute atomic E-state index is 0.896. The quantitative estimate of drug-likeness (QED) is 0.579. The predicted molar refractivity (Wildman–Crippen MR) is 55.1 cm³/mol. The summed E-state index contributed by atoms with van der Waals surface area (Å²) in [7, 11) is 0. The SMILES string of the molecule is CCC(CC(C)C)C1CC1CC. The minimum atomic E-state index is 0.896. The van der Waals surface area contributed by atoms with E-state index in [-0.39, 0.29) is 0 Å². The van der Waals surface area contributed by atoms with Crippen LogP contribution in [-0.2, 0) is 0 Å². The molecule has 0 spiro atoms. The van der Waals surface area contributed by atoms with Gasteiger partial charge in [0.25, 0.3) is 0 Å². The van der Waals surface area contributed by atoms with E-state index in [1.165, 1.54) is 25.7 Å². The fourth-order valence-electron chi connectivity index (χ4n) is 2.57. The Bertz CT molecular complexity index is 126. The van der Waals surface area contributed by atoms with Crippen LogP contribution in [0.15, 0.2) is 0 Å². The summed E-state index contributed by atoms with van der Waals surface area (Å²) in [5.41, 5.74) is 0. The van der Waals surface area contributed by atoms with Crippen LogP contribution in [0.4, 0.5) is 0 Å². The lowest BCUT2D eigenvalue weighted by Gasteiger charge is -2.16. The van der Waals surface area contributed by atoms with Gasteiger partial charge in [-0.1, -0.05) is 40.5 Å². The molecule has 0 heterocycles. The van der Waals surface area contributed by atoms with Gasteiger partial charge in [-0.2, -0.15) is 0 Å². The average molecular weight is 168 g/mol. The molecule has 0 saturated heterocycles.